The van der Waals surface area contributed by atoms with Crippen LogP contribution in [-0.4, -0.2) is 13.4 Å². The maximum absolute atomic E-state index is 12.2. The zero-order valence-electron chi connectivity index (χ0n) is 5.16. The fourth-order valence-electron chi connectivity index (χ4n) is 0.526. The second-order valence-electron chi connectivity index (χ2n) is 1.78. The fraction of sp³-hybridized carbons (Fsp3) is 0. The van der Waals surface area contributed by atoms with Gasteiger partial charge in [0.1, 0.15) is 4.90 Å². The number of aromatic nitrogens is 1. The molecule has 6 heteroatoms. The summed E-state index contributed by atoms with van der Waals surface area (Å²) in [5.41, 5.74) is 0. The number of hydrogen-bond donors (Lipinski definition) is 0. The van der Waals surface area contributed by atoms with Crippen LogP contribution in [0.15, 0.2) is 23.4 Å². The number of halogens is 2. The molecular formula is C5H3ClFNO2S. The van der Waals surface area contributed by atoms with Gasteiger partial charge in [-0.1, -0.05) is 11.6 Å². The molecule has 1 rings (SSSR count). The minimum absolute atomic E-state index is 0.0868. The molecule has 0 aliphatic carbocycles. The van der Waals surface area contributed by atoms with Gasteiger partial charge in [-0.2, -0.15) is 8.42 Å². The SMILES string of the molecule is O=S(=O)(F)c1cncc(Cl)c1. The van der Waals surface area contributed by atoms with Crippen molar-refractivity contribution in [1.82, 2.24) is 4.98 Å². The summed E-state index contributed by atoms with van der Waals surface area (Å²) in [6, 6.07) is 0.990. The zero-order valence-corrected chi connectivity index (χ0v) is 6.73. The van der Waals surface area contributed by atoms with E-state index in [1.54, 1.807) is 0 Å². The van der Waals surface area contributed by atoms with Gasteiger partial charge in [0, 0.05) is 12.4 Å². The quantitative estimate of drug-likeness (QED) is 0.637. The standard InChI is InChI=1S/C5H3ClFNO2S/c6-4-1-5(3-8-2-4)11(7,9)10/h1-3H. The van der Waals surface area contributed by atoms with E-state index in [9.17, 15) is 12.3 Å². The second-order valence-corrected chi connectivity index (χ2v) is 3.56. The van der Waals surface area contributed by atoms with E-state index < -0.39 is 15.1 Å². The van der Waals surface area contributed by atoms with Crippen molar-refractivity contribution in [2.45, 2.75) is 4.90 Å². The van der Waals surface area contributed by atoms with Crippen LogP contribution in [0.5, 0.6) is 0 Å². The average molecular weight is 196 g/mol. The molecule has 1 aromatic heterocycles. The highest BCUT2D eigenvalue weighted by Gasteiger charge is 2.11. The van der Waals surface area contributed by atoms with Crippen LogP contribution >= 0.6 is 11.6 Å². The number of nitrogens with zero attached hydrogens (tertiary/aromatic N) is 1. The van der Waals surface area contributed by atoms with Gasteiger partial charge < -0.3 is 0 Å². The van der Waals surface area contributed by atoms with Gasteiger partial charge in [-0.3, -0.25) is 4.98 Å². The van der Waals surface area contributed by atoms with Crippen LogP contribution < -0.4 is 0 Å². The summed E-state index contributed by atoms with van der Waals surface area (Å²) in [7, 11) is -4.67. The van der Waals surface area contributed by atoms with Crippen LogP contribution in [0.1, 0.15) is 0 Å². The van der Waals surface area contributed by atoms with E-state index in [-0.39, 0.29) is 5.02 Å². The Kier molecular flexibility index (Phi) is 2.10. The van der Waals surface area contributed by atoms with E-state index in [0.29, 0.717) is 0 Å². The zero-order chi connectivity index (χ0) is 8.48. The van der Waals surface area contributed by atoms with Crippen LogP contribution in [0, 0.1) is 0 Å². The van der Waals surface area contributed by atoms with Crippen molar-refractivity contribution in [3.8, 4) is 0 Å². The summed E-state index contributed by atoms with van der Waals surface area (Å²) in [5, 5.41) is 0.0868. The molecular weight excluding hydrogens is 193 g/mol. The molecule has 1 heterocycles. The van der Waals surface area contributed by atoms with Gasteiger partial charge in [-0.25, -0.2) is 0 Å². The van der Waals surface area contributed by atoms with Crippen LogP contribution in [0.3, 0.4) is 0 Å². The van der Waals surface area contributed by atoms with Crippen LogP contribution in [0.2, 0.25) is 5.02 Å². The summed E-state index contributed by atoms with van der Waals surface area (Å²) in [5.74, 6) is 0. The molecule has 0 saturated heterocycles. The first kappa shape index (κ1) is 8.42. The third kappa shape index (κ3) is 2.13. The lowest BCUT2D eigenvalue weighted by Gasteiger charge is -1.92. The van der Waals surface area contributed by atoms with E-state index in [0.717, 1.165) is 12.3 Å². The van der Waals surface area contributed by atoms with E-state index in [1.165, 1.54) is 6.20 Å². The molecule has 0 atom stereocenters. The Balaban J connectivity index is 3.28. The fourth-order valence-corrected chi connectivity index (χ4v) is 1.22. The smallest absolute Gasteiger partial charge is 0.262 e. The molecule has 0 unspecified atom stereocenters. The summed E-state index contributed by atoms with van der Waals surface area (Å²) in [6.45, 7) is 0. The van der Waals surface area contributed by atoms with E-state index in [2.05, 4.69) is 4.98 Å². The highest BCUT2D eigenvalue weighted by molar-refractivity contribution is 7.86. The molecule has 60 valence electrons. The highest BCUT2D eigenvalue weighted by Crippen LogP contribution is 2.14. The molecule has 0 bridgehead atoms. The third-order valence-electron chi connectivity index (χ3n) is 0.961. The molecule has 3 nitrogen and oxygen atoms in total. The minimum Gasteiger partial charge on any atom is -0.262 e. The molecule has 0 aliphatic rings. The first-order valence-corrected chi connectivity index (χ1v) is 4.31. The first-order chi connectivity index (χ1) is 5.00. The molecule has 0 saturated carbocycles. The molecule has 0 radical (unpaired) electrons. The Morgan fingerprint density at radius 1 is 1.45 bits per heavy atom. The molecule has 0 aliphatic heterocycles. The highest BCUT2D eigenvalue weighted by atomic mass is 35.5. The number of rotatable bonds is 1. The van der Waals surface area contributed by atoms with Gasteiger partial charge >= 0.3 is 10.2 Å². The van der Waals surface area contributed by atoms with Crippen molar-refractivity contribution in [1.29, 1.82) is 0 Å². The maximum atomic E-state index is 12.2. The van der Waals surface area contributed by atoms with E-state index in [4.69, 9.17) is 11.6 Å². The number of pyridine rings is 1. The Bertz CT molecular complexity index is 365. The Morgan fingerprint density at radius 2 is 2.09 bits per heavy atom. The minimum atomic E-state index is -4.67. The van der Waals surface area contributed by atoms with Crippen LogP contribution in [0.25, 0.3) is 0 Å². The van der Waals surface area contributed by atoms with Crippen molar-refractivity contribution >= 4 is 21.8 Å². The molecule has 0 amide bonds. The number of hydrogen-bond acceptors (Lipinski definition) is 3. The summed E-state index contributed by atoms with van der Waals surface area (Å²) in [4.78, 5) is 2.88. The van der Waals surface area contributed by atoms with Crippen molar-refractivity contribution in [3.05, 3.63) is 23.5 Å². The van der Waals surface area contributed by atoms with Gasteiger partial charge in [0.2, 0.25) is 0 Å². The maximum Gasteiger partial charge on any atom is 0.333 e. The summed E-state index contributed by atoms with van der Waals surface area (Å²) >= 11 is 5.36. The lowest BCUT2D eigenvalue weighted by atomic mass is 10.5. The van der Waals surface area contributed by atoms with E-state index in [1.807, 2.05) is 0 Å². The lowest BCUT2D eigenvalue weighted by molar-refractivity contribution is 0.551. The molecule has 0 N–H and O–H groups in total. The first-order valence-electron chi connectivity index (χ1n) is 2.55. The third-order valence-corrected chi connectivity index (χ3v) is 1.95. The molecule has 0 fully saturated rings. The van der Waals surface area contributed by atoms with Crippen LogP contribution in [0.4, 0.5) is 3.89 Å². The molecule has 1 aromatic rings. The van der Waals surface area contributed by atoms with Gasteiger partial charge in [-0.15, -0.1) is 3.89 Å². The molecule has 11 heavy (non-hydrogen) atoms. The summed E-state index contributed by atoms with van der Waals surface area (Å²) < 4.78 is 32.6. The Morgan fingerprint density at radius 3 is 2.45 bits per heavy atom. The summed E-state index contributed by atoms with van der Waals surface area (Å²) in [6.07, 6.45) is 2.11. The van der Waals surface area contributed by atoms with Crippen molar-refractivity contribution in [2.24, 2.45) is 0 Å². The predicted octanol–water partition coefficient (Wildman–Crippen LogP) is 1.39. The van der Waals surface area contributed by atoms with Crippen molar-refractivity contribution in [2.75, 3.05) is 0 Å². The van der Waals surface area contributed by atoms with Gasteiger partial charge in [0.15, 0.2) is 0 Å². The second kappa shape index (κ2) is 2.75. The topological polar surface area (TPSA) is 47.0 Å². The van der Waals surface area contributed by atoms with Gasteiger partial charge in [0.25, 0.3) is 0 Å². The largest absolute Gasteiger partial charge is 0.333 e. The van der Waals surface area contributed by atoms with Crippen LogP contribution in [-0.2, 0) is 10.2 Å². The molecule has 0 spiro atoms. The van der Waals surface area contributed by atoms with Gasteiger partial charge in [0.05, 0.1) is 5.02 Å². The van der Waals surface area contributed by atoms with E-state index >= 15 is 0 Å². The lowest BCUT2D eigenvalue weighted by Crippen LogP contribution is -1.91. The van der Waals surface area contributed by atoms with Crippen molar-refractivity contribution in [3.63, 3.8) is 0 Å². The normalized spacial score (nSPS) is 11.5. The average Bonchev–Trinajstić information content (AvgIpc) is 1.86. The Labute approximate surface area is 68.0 Å². The predicted molar refractivity (Wildman–Crippen MR) is 37.5 cm³/mol. The monoisotopic (exact) mass is 195 g/mol. The molecule has 0 aromatic carbocycles. The van der Waals surface area contributed by atoms with Crippen molar-refractivity contribution < 1.29 is 12.3 Å². The van der Waals surface area contributed by atoms with Gasteiger partial charge in [-0.05, 0) is 6.07 Å². The Hall–Kier alpha value is -0.680.